The van der Waals surface area contributed by atoms with Gasteiger partial charge in [-0.15, -0.1) is 0 Å². The van der Waals surface area contributed by atoms with Crippen molar-refractivity contribution >= 4 is 17.5 Å². The normalized spacial score (nSPS) is 19.5. The van der Waals surface area contributed by atoms with Crippen LogP contribution in [-0.4, -0.2) is 44.7 Å². The summed E-state index contributed by atoms with van der Waals surface area (Å²) in [5, 5.41) is 2.78. The second-order valence-electron chi connectivity index (χ2n) is 6.32. The minimum atomic E-state index is -0.608. The monoisotopic (exact) mass is 349 g/mol. The van der Waals surface area contributed by atoms with E-state index in [-0.39, 0.29) is 17.7 Å². The fourth-order valence-corrected chi connectivity index (χ4v) is 2.80. The Hall–Kier alpha value is -2.28. The zero-order chi connectivity index (χ0) is 18.6. The van der Waals surface area contributed by atoms with E-state index >= 15 is 0 Å². The van der Waals surface area contributed by atoms with Crippen molar-refractivity contribution in [2.75, 3.05) is 25.7 Å². The highest BCUT2D eigenvalue weighted by Crippen LogP contribution is 2.31. The number of nitrogens with zero attached hydrogens (tertiary/aromatic N) is 1. The van der Waals surface area contributed by atoms with Crippen molar-refractivity contribution in [3.8, 4) is 11.5 Å². The van der Waals surface area contributed by atoms with Crippen LogP contribution in [0.25, 0.3) is 0 Å². The average molecular weight is 349 g/mol. The van der Waals surface area contributed by atoms with E-state index in [1.165, 1.54) is 0 Å². The minimum Gasteiger partial charge on any atom is -0.497 e. The molecule has 0 spiro atoms. The Morgan fingerprint density at radius 3 is 2.44 bits per heavy atom. The standard InChI is InChI=1S/C18H27N3O4/c1-5-11(2)16(19)17(22)20-15-6-7-21(18(15)23)12-8-13(24-3)10-14(9-12)25-4/h8-11,15-16H,5-7,19H2,1-4H3,(H,20,22). The lowest BCUT2D eigenvalue weighted by molar-refractivity contribution is -0.128. The number of hydrogen-bond donors (Lipinski definition) is 2. The van der Waals surface area contributed by atoms with Gasteiger partial charge in [-0.1, -0.05) is 20.3 Å². The van der Waals surface area contributed by atoms with Gasteiger partial charge in [0.1, 0.15) is 17.5 Å². The van der Waals surface area contributed by atoms with Crippen LogP contribution in [0.15, 0.2) is 18.2 Å². The number of anilines is 1. The van der Waals surface area contributed by atoms with Crippen molar-refractivity contribution in [2.45, 2.75) is 38.8 Å². The lowest BCUT2D eigenvalue weighted by Crippen LogP contribution is -2.50. The van der Waals surface area contributed by atoms with Crippen LogP contribution >= 0.6 is 0 Å². The number of carbonyl (C=O) groups excluding carboxylic acids is 2. The summed E-state index contributed by atoms with van der Waals surface area (Å²) in [5.74, 6) is 0.842. The number of nitrogens with two attached hydrogens (primary N) is 1. The summed E-state index contributed by atoms with van der Waals surface area (Å²) in [5.41, 5.74) is 6.63. The molecule has 2 rings (SSSR count). The molecule has 7 heteroatoms. The van der Waals surface area contributed by atoms with Gasteiger partial charge in [-0.3, -0.25) is 9.59 Å². The molecular weight excluding hydrogens is 322 g/mol. The van der Waals surface area contributed by atoms with E-state index in [1.807, 2.05) is 13.8 Å². The maximum absolute atomic E-state index is 12.7. The van der Waals surface area contributed by atoms with Crippen molar-refractivity contribution in [3.63, 3.8) is 0 Å². The van der Waals surface area contributed by atoms with Crippen molar-refractivity contribution in [3.05, 3.63) is 18.2 Å². The summed E-state index contributed by atoms with van der Waals surface area (Å²) >= 11 is 0. The fourth-order valence-electron chi connectivity index (χ4n) is 2.80. The van der Waals surface area contributed by atoms with Gasteiger partial charge < -0.3 is 25.4 Å². The Labute approximate surface area is 148 Å². The Morgan fingerprint density at radius 2 is 1.92 bits per heavy atom. The molecule has 0 radical (unpaired) electrons. The molecule has 1 saturated heterocycles. The molecular formula is C18H27N3O4. The molecule has 0 saturated carbocycles. The molecule has 138 valence electrons. The topological polar surface area (TPSA) is 93.9 Å². The third-order valence-electron chi connectivity index (χ3n) is 4.73. The molecule has 0 aromatic heterocycles. The molecule has 1 aliphatic rings. The lowest BCUT2D eigenvalue weighted by Gasteiger charge is -2.21. The predicted molar refractivity (Wildman–Crippen MR) is 95.9 cm³/mol. The molecule has 3 N–H and O–H groups in total. The first-order valence-corrected chi connectivity index (χ1v) is 8.51. The number of hydrogen-bond acceptors (Lipinski definition) is 5. The number of methoxy groups -OCH3 is 2. The van der Waals surface area contributed by atoms with E-state index in [4.69, 9.17) is 15.2 Å². The highest BCUT2D eigenvalue weighted by molar-refractivity contribution is 6.02. The highest BCUT2D eigenvalue weighted by Gasteiger charge is 2.35. The van der Waals surface area contributed by atoms with E-state index in [1.54, 1.807) is 37.3 Å². The third kappa shape index (κ3) is 4.22. The second kappa shape index (κ2) is 8.20. The Morgan fingerprint density at radius 1 is 1.32 bits per heavy atom. The number of amides is 2. The first kappa shape index (κ1) is 19.1. The molecule has 2 amide bonds. The summed E-state index contributed by atoms with van der Waals surface area (Å²) in [7, 11) is 3.12. The van der Waals surface area contributed by atoms with Crippen molar-refractivity contribution in [2.24, 2.45) is 11.7 Å². The van der Waals surface area contributed by atoms with Gasteiger partial charge in [-0.2, -0.15) is 0 Å². The second-order valence-corrected chi connectivity index (χ2v) is 6.32. The van der Waals surface area contributed by atoms with Gasteiger partial charge in [-0.25, -0.2) is 0 Å². The predicted octanol–water partition coefficient (Wildman–Crippen LogP) is 1.30. The lowest BCUT2D eigenvalue weighted by atomic mass is 9.99. The average Bonchev–Trinajstić information content (AvgIpc) is 3.00. The first-order valence-electron chi connectivity index (χ1n) is 8.51. The fraction of sp³-hybridized carbons (Fsp3) is 0.556. The number of benzene rings is 1. The Balaban J connectivity index is 2.10. The van der Waals surface area contributed by atoms with Crippen LogP contribution in [0, 0.1) is 5.92 Å². The van der Waals surface area contributed by atoms with Gasteiger partial charge in [0.05, 0.1) is 25.9 Å². The third-order valence-corrected chi connectivity index (χ3v) is 4.73. The molecule has 1 aromatic rings. The molecule has 1 aromatic carbocycles. The Kier molecular flexibility index (Phi) is 6.25. The van der Waals surface area contributed by atoms with E-state index in [2.05, 4.69) is 5.32 Å². The maximum Gasteiger partial charge on any atom is 0.249 e. The van der Waals surface area contributed by atoms with Gasteiger partial charge in [0.2, 0.25) is 11.8 Å². The van der Waals surface area contributed by atoms with Crippen LogP contribution in [0.1, 0.15) is 26.7 Å². The SMILES string of the molecule is CCC(C)C(N)C(=O)NC1CCN(c2cc(OC)cc(OC)c2)C1=O. The van der Waals surface area contributed by atoms with E-state index in [9.17, 15) is 9.59 Å². The van der Waals surface area contributed by atoms with Crippen molar-refractivity contribution in [1.82, 2.24) is 5.32 Å². The van der Waals surface area contributed by atoms with Gasteiger partial charge in [0.15, 0.2) is 0 Å². The molecule has 3 atom stereocenters. The van der Waals surface area contributed by atoms with E-state index in [0.717, 1.165) is 6.42 Å². The summed E-state index contributed by atoms with van der Waals surface area (Å²) in [6.07, 6.45) is 1.35. The number of ether oxygens (including phenoxy) is 2. The zero-order valence-electron chi connectivity index (χ0n) is 15.2. The van der Waals surface area contributed by atoms with Crippen LogP contribution in [-0.2, 0) is 9.59 Å². The molecule has 1 fully saturated rings. The molecule has 7 nitrogen and oxygen atoms in total. The molecule has 0 aliphatic carbocycles. The van der Waals surface area contributed by atoms with Gasteiger partial charge in [0, 0.05) is 24.7 Å². The van der Waals surface area contributed by atoms with Crippen LogP contribution in [0.4, 0.5) is 5.69 Å². The number of nitrogens with one attached hydrogen (secondary N) is 1. The quantitative estimate of drug-likeness (QED) is 0.774. The molecule has 0 bridgehead atoms. The smallest absolute Gasteiger partial charge is 0.249 e. The molecule has 25 heavy (non-hydrogen) atoms. The first-order chi connectivity index (χ1) is 11.9. The summed E-state index contributed by atoms with van der Waals surface area (Å²) < 4.78 is 10.5. The van der Waals surface area contributed by atoms with Crippen LogP contribution in [0.3, 0.4) is 0 Å². The summed E-state index contributed by atoms with van der Waals surface area (Å²) in [6.45, 7) is 4.42. The summed E-state index contributed by atoms with van der Waals surface area (Å²) in [6, 6.07) is 4.13. The highest BCUT2D eigenvalue weighted by atomic mass is 16.5. The van der Waals surface area contributed by atoms with Gasteiger partial charge in [0.25, 0.3) is 0 Å². The van der Waals surface area contributed by atoms with Gasteiger partial charge in [-0.05, 0) is 12.3 Å². The molecule has 1 heterocycles. The summed E-state index contributed by atoms with van der Waals surface area (Å²) in [4.78, 5) is 26.6. The number of rotatable bonds is 7. The zero-order valence-corrected chi connectivity index (χ0v) is 15.2. The van der Waals surface area contributed by atoms with Crippen molar-refractivity contribution in [1.29, 1.82) is 0 Å². The molecule has 1 aliphatic heterocycles. The van der Waals surface area contributed by atoms with Crippen LogP contribution < -0.4 is 25.4 Å². The number of carbonyl (C=O) groups is 2. The van der Waals surface area contributed by atoms with Crippen molar-refractivity contribution < 1.29 is 19.1 Å². The van der Waals surface area contributed by atoms with Gasteiger partial charge >= 0.3 is 0 Å². The van der Waals surface area contributed by atoms with Crippen LogP contribution in [0.2, 0.25) is 0 Å². The largest absolute Gasteiger partial charge is 0.497 e. The minimum absolute atomic E-state index is 0.0650. The maximum atomic E-state index is 12.7. The van der Waals surface area contributed by atoms with E-state index < -0.39 is 12.1 Å². The Bertz CT molecular complexity index is 612. The molecule has 3 unspecified atom stereocenters. The van der Waals surface area contributed by atoms with Crippen LogP contribution in [0.5, 0.6) is 11.5 Å². The van der Waals surface area contributed by atoms with E-state index in [0.29, 0.717) is 30.2 Å².